The van der Waals surface area contributed by atoms with Gasteiger partial charge in [0.15, 0.2) is 0 Å². The van der Waals surface area contributed by atoms with Crippen LogP contribution in [0.5, 0.6) is 0 Å². The first-order valence-electron chi connectivity index (χ1n) is 13.7. The van der Waals surface area contributed by atoms with E-state index in [1.165, 1.54) is 38.5 Å². The SMILES string of the molecule is CCCCCCCC/C=C/CC/C=C/C(O)C(COP(=O)([O-])OCC[N+](C)(C)C)NC(=O)CCCC. The summed E-state index contributed by atoms with van der Waals surface area (Å²) >= 11 is 0. The van der Waals surface area contributed by atoms with Crippen molar-refractivity contribution in [3.63, 3.8) is 0 Å². The smallest absolute Gasteiger partial charge is 0.268 e. The molecule has 1 amide bonds. The second kappa shape index (κ2) is 21.0. The average molecular weight is 533 g/mol. The molecule has 3 unspecified atom stereocenters. The molecule has 0 spiro atoms. The molecule has 3 atom stereocenters. The number of rotatable bonds is 23. The number of aliphatic hydroxyl groups excluding tert-OH is 1. The lowest BCUT2D eigenvalue weighted by Gasteiger charge is -2.29. The van der Waals surface area contributed by atoms with Crippen LogP contribution >= 0.6 is 7.82 Å². The van der Waals surface area contributed by atoms with E-state index in [1.807, 2.05) is 34.1 Å². The summed E-state index contributed by atoms with van der Waals surface area (Å²) in [7, 11) is 1.23. The first-order valence-corrected chi connectivity index (χ1v) is 15.2. The van der Waals surface area contributed by atoms with Crippen molar-refractivity contribution < 1.29 is 32.9 Å². The number of phosphoric ester groups is 1. The fraction of sp³-hybridized carbons (Fsp3) is 0.815. The Morgan fingerprint density at radius 1 is 0.944 bits per heavy atom. The highest BCUT2D eigenvalue weighted by Gasteiger charge is 2.23. The van der Waals surface area contributed by atoms with Crippen molar-refractivity contribution in [1.82, 2.24) is 5.32 Å². The van der Waals surface area contributed by atoms with Crippen molar-refractivity contribution in [2.45, 2.75) is 103 Å². The van der Waals surface area contributed by atoms with Gasteiger partial charge in [-0.3, -0.25) is 9.36 Å². The maximum Gasteiger partial charge on any atom is 0.268 e. The summed E-state index contributed by atoms with van der Waals surface area (Å²) in [6.45, 7) is 4.29. The van der Waals surface area contributed by atoms with Crippen LogP contribution in [0.15, 0.2) is 24.3 Å². The van der Waals surface area contributed by atoms with Gasteiger partial charge in [-0.25, -0.2) is 0 Å². The minimum atomic E-state index is -4.55. The molecule has 0 saturated carbocycles. The number of nitrogens with zero attached hydrogens (tertiary/aromatic N) is 1. The van der Waals surface area contributed by atoms with Gasteiger partial charge in [-0.05, 0) is 32.1 Å². The molecule has 8 nitrogen and oxygen atoms in total. The number of amides is 1. The minimum absolute atomic E-state index is 0.00731. The number of carbonyl (C=O) groups excluding carboxylic acids is 1. The highest BCUT2D eigenvalue weighted by molar-refractivity contribution is 7.45. The summed E-state index contributed by atoms with van der Waals surface area (Å²) in [6.07, 6.45) is 19.0. The van der Waals surface area contributed by atoms with E-state index in [0.717, 1.165) is 25.7 Å². The fourth-order valence-corrected chi connectivity index (χ4v) is 4.04. The number of unbranched alkanes of at least 4 members (excludes halogenated alkanes) is 8. The number of carbonyl (C=O) groups is 1. The van der Waals surface area contributed by atoms with Crippen molar-refractivity contribution in [1.29, 1.82) is 0 Å². The summed E-state index contributed by atoms with van der Waals surface area (Å²) in [5.74, 6) is -0.248. The lowest BCUT2D eigenvalue weighted by molar-refractivity contribution is -0.870. The number of quaternary nitrogens is 1. The third-order valence-electron chi connectivity index (χ3n) is 5.66. The fourth-order valence-electron chi connectivity index (χ4n) is 3.32. The molecule has 0 radical (unpaired) electrons. The Kier molecular flexibility index (Phi) is 20.4. The van der Waals surface area contributed by atoms with E-state index in [-0.39, 0.29) is 12.5 Å². The number of hydrogen-bond donors (Lipinski definition) is 2. The van der Waals surface area contributed by atoms with Crippen molar-refractivity contribution in [3.8, 4) is 0 Å². The summed E-state index contributed by atoms with van der Waals surface area (Å²) in [5.41, 5.74) is 0. The third kappa shape index (κ3) is 22.2. The monoisotopic (exact) mass is 532 g/mol. The molecule has 212 valence electrons. The number of allylic oxidation sites excluding steroid dienone is 3. The Morgan fingerprint density at radius 2 is 1.56 bits per heavy atom. The summed E-state index contributed by atoms with van der Waals surface area (Å²) in [4.78, 5) is 24.3. The lowest BCUT2D eigenvalue weighted by Crippen LogP contribution is -2.45. The van der Waals surface area contributed by atoms with E-state index in [9.17, 15) is 19.4 Å². The Bertz CT molecular complexity index is 663. The maximum atomic E-state index is 12.2. The molecule has 36 heavy (non-hydrogen) atoms. The number of likely N-dealkylation sites (N-methyl/N-ethyl adjacent to an activating group) is 1. The normalized spacial score (nSPS) is 15.9. The number of hydrogen-bond acceptors (Lipinski definition) is 6. The summed E-state index contributed by atoms with van der Waals surface area (Å²) in [6, 6.07) is -0.891. The molecule has 0 aromatic rings. The van der Waals surface area contributed by atoms with E-state index in [4.69, 9.17) is 9.05 Å². The molecule has 0 aromatic heterocycles. The molecule has 0 fully saturated rings. The van der Waals surface area contributed by atoms with E-state index in [1.54, 1.807) is 6.08 Å². The predicted octanol–water partition coefficient (Wildman–Crippen LogP) is 4.87. The molecule has 9 heteroatoms. The van der Waals surface area contributed by atoms with Crippen LogP contribution in [0, 0.1) is 0 Å². The highest BCUT2D eigenvalue weighted by Crippen LogP contribution is 2.38. The molecular weight excluding hydrogens is 479 g/mol. The minimum Gasteiger partial charge on any atom is -0.756 e. The van der Waals surface area contributed by atoms with Gasteiger partial charge < -0.3 is 28.8 Å². The van der Waals surface area contributed by atoms with E-state index in [0.29, 0.717) is 23.9 Å². The van der Waals surface area contributed by atoms with Crippen LogP contribution in [0.4, 0.5) is 0 Å². The lowest BCUT2D eigenvalue weighted by atomic mass is 10.1. The van der Waals surface area contributed by atoms with Crippen LogP contribution in [0.1, 0.15) is 90.9 Å². The zero-order chi connectivity index (χ0) is 27.3. The van der Waals surface area contributed by atoms with Crippen molar-refractivity contribution >= 4 is 13.7 Å². The zero-order valence-electron chi connectivity index (χ0n) is 23.5. The van der Waals surface area contributed by atoms with Crippen molar-refractivity contribution in [2.75, 3.05) is 40.9 Å². The number of nitrogens with one attached hydrogen (secondary N) is 1. The second-order valence-corrected chi connectivity index (χ2v) is 11.8. The van der Waals surface area contributed by atoms with E-state index in [2.05, 4.69) is 24.4 Å². The number of aliphatic hydroxyl groups is 1. The molecule has 2 N–H and O–H groups in total. The van der Waals surface area contributed by atoms with Gasteiger partial charge in [-0.1, -0.05) is 76.7 Å². The van der Waals surface area contributed by atoms with Gasteiger partial charge in [-0.2, -0.15) is 0 Å². The van der Waals surface area contributed by atoms with Gasteiger partial charge in [-0.15, -0.1) is 0 Å². The largest absolute Gasteiger partial charge is 0.756 e. The predicted molar refractivity (Wildman–Crippen MR) is 145 cm³/mol. The average Bonchev–Trinajstić information content (AvgIpc) is 2.79. The standard InChI is InChI=1S/C27H53N2O6P/c1-6-8-10-11-12-13-14-15-16-17-18-19-20-26(30)25(28-27(31)21-9-7-2)24-35-36(32,33)34-23-22-29(3,4)5/h15-16,19-20,25-26,30H,6-14,17-18,21-24H2,1-5H3,(H-,28,31,32,33)/b16-15+,20-19+. The molecule has 0 bridgehead atoms. The Labute approximate surface area is 220 Å². The third-order valence-corrected chi connectivity index (χ3v) is 6.63. The van der Waals surface area contributed by atoms with Crippen LogP contribution < -0.4 is 10.2 Å². The van der Waals surface area contributed by atoms with E-state index >= 15 is 0 Å². The Morgan fingerprint density at radius 3 is 2.22 bits per heavy atom. The quantitative estimate of drug-likeness (QED) is 0.0841. The van der Waals surface area contributed by atoms with Gasteiger partial charge in [0.1, 0.15) is 13.2 Å². The van der Waals surface area contributed by atoms with Gasteiger partial charge in [0, 0.05) is 6.42 Å². The molecular formula is C27H53N2O6P. The molecule has 0 aliphatic rings. The number of phosphoric acid groups is 1. The van der Waals surface area contributed by atoms with Crippen molar-refractivity contribution in [2.24, 2.45) is 0 Å². The first-order chi connectivity index (χ1) is 17.0. The zero-order valence-corrected chi connectivity index (χ0v) is 24.3. The molecule has 0 aromatic carbocycles. The van der Waals surface area contributed by atoms with Gasteiger partial charge in [0.2, 0.25) is 5.91 Å². The van der Waals surface area contributed by atoms with Crippen LogP contribution in [-0.4, -0.2) is 68.5 Å². The van der Waals surface area contributed by atoms with Crippen LogP contribution in [0.2, 0.25) is 0 Å². The summed E-state index contributed by atoms with van der Waals surface area (Å²) in [5, 5.41) is 13.3. The highest BCUT2D eigenvalue weighted by atomic mass is 31.2. The summed E-state index contributed by atoms with van der Waals surface area (Å²) < 4.78 is 22.6. The van der Waals surface area contributed by atoms with Gasteiger partial charge in [0.25, 0.3) is 7.82 Å². The first kappa shape index (κ1) is 35.0. The van der Waals surface area contributed by atoms with Gasteiger partial charge >= 0.3 is 0 Å². The molecule has 0 rings (SSSR count). The van der Waals surface area contributed by atoms with E-state index < -0.39 is 26.6 Å². The maximum absolute atomic E-state index is 12.2. The van der Waals surface area contributed by atoms with Crippen LogP contribution in [-0.2, 0) is 18.4 Å². The Hall–Kier alpha value is -1.02. The van der Waals surface area contributed by atoms with Crippen LogP contribution in [0.3, 0.4) is 0 Å². The molecule has 0 aliphatic heterocycles. The Balaban J connectivity index is 4.59. The molecule has 0 saturated heterocycles. The molecule has 0 aliphatic carbocycles. The van der Waals surface area contributed by atoms with Crippen LogP contribution in [0.25, 0.3) is 0 Å². The topological polar surface area (TPSA) is 108 Å². The molecule has 0 heterocycles. The van der Waals surface area contributed by atoms with Gasteiger partial charge in [0.05, 0.1) is 39.9 Å². The van der Waals surface area contributed by atoms with Crippen molar-refractivity contribution in [3.05, 3.63) is 24.3 Å². The second-order valence-electron chi connectivity index (χ2n) is 10.4.